The zero-order valence-electron chi connectivity index (χ0n) is 7.48. The summed E-state index contributed by atoms with van der Waals surface area (Å²) in [7, 11) is -4.05. The monoisotopic (exact) mass is 241 g/mol. The van der Waals surface area contributed by atoms with E-state index in [0.29, 0.717) is 0 Å². The van der Waals surface area contributed by atoms with Crippen molar-refractivity contribution >= 4 is 10.0 Å². The molecule has 0 amide bonds. The molecule has 0 spiro atoms. The van der Waals surface area contributed by atoms with E-state index in [9.17, 15) is 17.2 Å². The van der Waals surface area contributed by atoms with E-state index in [0.717, 1.165) is 6.07 Å². The van der Waals surface area contributed by atoms with E-state index in [2.05, 4.69) is 4.42 Å². The molecule has 5 nitrogen and oxygen atoms in total. The fraction of sp³-hybridized carbons (Fsp3) is 0.429. The molecule has 1 aromatic rings. The summed E-state index contributed by atoms with van der Waals surface area (Å²) >= 11 is 0. The van der Waals surface area contributed by atoms with Crippen LogP contribution >= 0.6 is 0 Å². The van der Waals surface area contributed by atoms with Gasteiger partial charge < -0.3 is 9.52 Å². The van der Waals surface area contributed by atoms with Gasteiger partial charge in [0.15, 0.2) is 0 Å². The third-order valence-corrected chi connectivity index (χ3v) is 2.78. The first-order valence-electron chi connectivity index (χ1n) is 3.93. The summed E-state index contributed by atoms with van der Waals surface area (Å²) in [5.74, 6) is 0.0485. The minimum absolute atomic E-state index is 0.0485. The molecule has 1 heterocycles. The molecule has 0 aliphatic carbocycles. The lowest BCUT2D eigenvalue weighted by Crippen LogP contribution is -2.28. The first-order valence-corrected chi connectivity index (χ1v) is 5.41. The van der Waals surface area contributed by atoms with Crippen LogP contribution in [0.3, 0.4) is 0 Å². The molecule has 0 aromatic carbocycles. The molecule has 0 saturated heterocycles. The molecule has 0 aliphatic heterocycles. The number of aliphatic hydroxyl groups excluding tert-OH is 1. The number of furan rings is 1. The second-order valence-electron chi connectivity index (χ2n) is 2.62. The van der Waals surface area contributed by atoms with Crippen LogP contribution in [0.15, 0.2) is 21.6 Å². The van der Waals surface area contributed by atoms with Crippen molar-refractivity contribution in [2.75, 3.05) is 6.54 Å². The quantitative estimate of drug-likeness (QED) is 0.777. The number of sulfonamides is 1. The summed E-state index contributed by atoms with van der Waals surface area (Å²) in [5, 5.41) is 8.11. The predicted octanol–water partition coefficient (Wildman–Crippen LogP) is 0.315. The number of rotatable bonds is 5. The SMILES string of the molecule is O=S(=O)(NCC(F)F)c1ccc(CO)o1. The Balaban J connectivity index is 2.77. The van der Waals surface area contributed by atoms with Gasteiger partial charge in [-0.3, -0.25) is 0 Å². The van der Waals surface area contributed by atoms with Crippen molar-refractivity contribution in [3.05, 3.63) is 17.9 Å². The van der Waals surface area contributed by atoms with Crippen LogP contribution in [-0.2, 0) is 16.6 Å². The Hall–Kier alpha value is -0.990. The van der Waals surface area contributed by atoms with Gasteiger partial charge in [-0.2, -0.15) is 0 Å². The maximum Gasteiger partial charge on any atom is 0.274 e. The molecule has 8 heteroatoms. The molecule has 0 aliphatic rings. The van der Waals surface area contributed by atoms with Crippen molar-refractivity contribution in [3.63, 3.8) is 0 Å². The van der Waals surface area contributed by atoms with Crippen molar-refractivity contribution < 1.29 is 26.7 Å². The molecule has 0 atom stereocenters. The lowest BCUT2D eigenvalue weighted by molar-refractivity contribution is 0.153. The Morgan fingerprint density at radius 2 is 2.13 bits per heavy atom. The van der Waals surface area contributed by atoms with Gasteiger partial charge in [0, 0.05) is 0 Å². The third kappa shape index (κ3) is 3.26. The molecule has 2 N–H and O–H groups in total. The lowest BCUT2D eigenvalue weighted by atomic mass is 10.5. The van der Waals surface area contributed by atoms with Crippen LogP contribution in [0.4, 0.5) is 8.78 Å². The predicted molar refractivity (Wildman–Crippen MR) is 45.8 cm³/mol. The van der Waals surface area contributed by atoms with Crippen LogP contribution in [0, 0.1) is 0 Å². The van der Waals surface area contributed by atoms with Gasteiger partial charge in [-0.1, -0.05) is 0 Å². The highest BCUT2D eigenvalue weighted by Gasteiger charge is 2.19. The third-order valence-electron chi connectivity index (χ3n) is 1.49. The molecule has 15 heavy (non-hydrogen) atoms. The van der Waals surface area contributed by atoms with E-state index in [1.54, 1.807) is 4.72 Å². The summed E-state index contributed by atoms with van der Waals surface area (Å²) in [6.45, 7) is -1.43. The van der Waals surface area contributed by atoms with E-state index in [-0.39, 0.29) is 5.76 Å². The van der Waals surface area contributed by atoms with E-state index < -0.39 is 34.7 Å². The summed E-state index contributed by atoms with van der Waals surface area (Å²) < 4.78 is 52.3. The van der Waals surface area contributed by atoms with Gasteiger partial charge in [-0.15, -0.1) is 0 Å². The van der Waals surface area contributed by atoms with Gasteiger partial charge in [0.25, 0.3) is 16.4 Å². The van der Waals surface area contributed by atoms with Crippen molar-refractivity contribution in [1.29, 1.82) is 0 Å². The Bertz CT molecular complexity index is 414. The number of hydrogen-bond acceptors (Lipinski definition) is 4. The molecule has 0 fully saturated rings. The van der Waals surface area contributed by atoms with Crippen LogP contribution in [0.2, 0.25) is 0 Å². The Morgan fingerprint density at radius 1 is 1.47 bits per heavy atom. The highest BCUT2D eigenvalue weighted by Crippen LogP contribution is 2.13. The van der Waals surface area contributed by atoms with E-state index >= 15 is 0 Å². The second kappa shape index (κ2) is 4.69. The summed E-state index contributed by atoms with van der Waals surface area (Å²) in [4.78, 5) is 0. The molecular weight excluding hydrogens is 232 g/mol. The zero-order chi connectivity index (χ0) is 11.5. The molecular formula is C7H9F2NO4S. The average molecular weight is 241 g/mol. The van der Waals surface area contributed by atoms with Crippen LogP contribution in [0.1, 0.15) is 5.76 Å². The topological polar surface area (TPSA) is 79.5 Å². The second-order valence-corrected chi connectivity index (χ2v) is 4.32. The molecule has 0 unspecified atom stereocenters. The minimum atomic E-state index is -4.05. The normalized spacial score (nSPS) is 12.3. The van der Waals surface area contributed by atoms with Crippen molar-refractivity contribution in [2.45, 2.75) is 18.1 Å². The van der Waals surface area contributed by atoms with Gasteiger partial charge in [-0.05, 0) is 12.1 Å². The standard InChI is InChI=1S/C7H9F2NO4S/c8-6(9)3-10-15(12,13)7-2-1-5(4-11)14-7/h1-2,6,10-11H,3-4H2. The van der Waals surface area contributed by atoms with Gasteiger partial charge >= 0.3 is 0 Å². The maximum absolute atomic E-state index is 11.8. The van der Waals surface area contributed by atoms with Gasteiger partial charge in [0.1, 0.15) is 12.4 Å². The van der Waals surface area contributed by atoms with Crippen LogP contribution in [0.5, 0.6) is 0 Å². The molecule has 1 aromatic heterocycles. The van der Waals surface area contributed by atoms with E-state index in [1.165, 1.54) is 6.07 Å². The zero-order valence-corrected chi connectivity index (χ0v) is 8.30. The Morgan fingerprint density at radius 3 is 2.60 bits per heavy atom. The van der Waals surface area contributed by atoms with E-state index in [4.69, 9.17) is 5.11 Å². The number of aliphatic hydroxyl groups is 1. The average Bonchev–Trinajstić information content (AvgIpc) is 2.63. The summed E-state index contributed by atoms with van der Waals surface area (Å²) in [6.07, 6.45) is -2.77. The fourth-order valence-corrected chi connectivity index (χ4v) is 1.78. The maximum atomic E-state index is 11.8. The smallest absolute Gasteiger partial charge is 0.274 e. The highest BCUT2D eigenvalue weighted by molar-refractivity contribution is 7.89. The van der Waals surface area contributed by atoms with Crippen LogP contribution < -0.4 is 4.72 Å². The van der Waals surface area contributed by atoms with Gasteiger partial charge in [0.05, 0.1) is 6.54 Å². The largest absolute Gasteiger partial charge is 0.446 e. The summed E-state index contributed by atoms with van der Waals surface area (Å²) in [5.41, 5.74) is 0. The first kappa shape index (κ1) is 12.1. The van der Waals surface area contributed by atoms with Gasteiger partial charge in [-0.25, -0.2) is 21.9 Å². The minimum Gasteiger partial charge on any atom is -0.446 e. The number of nitrogens with one attached hydrogen (secondary N) is 1. The fourth-order valence-electron chi connectivity index (χ4n) is 0.831. The molecule has 0 saturated carbocycles. The number of hydrogen-bond donors (Lipinski definition) is 2. The molecule has 0 bridgehead atoms. The van der Waals surface area contributed by atoms with Crippen molar-refractivity contribution in [2.24, 2.45) is 0 Å². The lowest BCUT2D eigenvalue weighted by Gasteiger charge is -2.02. The molecule has 86 valence electrons. The number of halogens is 2. The first-order chi connectivity index (χ1) is 6.95. The van der Waals surface area contributed by atoms with Crippen LogP contribution in [-0.4, -0.2) is 26.5 Å². The van der Waals surface area contributed by atoms with Crippen LogP contribution in [0.25, 0.3) is 0 Å². The molecule has 1 rings (SSSR count). The van der Waals surface area contributed by atoms with E-state index in [1.807, 2.05) is 0 Å². The number of alkyl halides is 2. The Kier molecular flexibility index (Phi) is 3.77. The van der Waals surface area contributed by atoms with Gasteiger partial charge in [0.2, 0.25) is 5.09 Å². The molecule has 0 radical (unpaired) electrons. The van der Waals surface area contributed by atoms with Crippen molar-refractivity contribution in [3.8, 4) is 0 Å². The van der Waals surface area contributed by atoms with Crippen molar-refractivity contribution in [1.82, 2.24) is 4.72 Å². The highest BCUT2D eigenvalue weighted by atomic mass is 32.2. The Labute approximate surface area is 84.8 Å². The summed E-state index contributed by atoms with van der Waals surface area (Å²) in [6, 6.07) is 2.33.